The predicted molar refractivity (Wildman–Crippen MR) is 220 cm³/mol. The fourth-order valence-corrected chi connectivity index (χ4v) is 16.1. The van der Waals surface area contributed by atoms with Crippen molar-refractivity contribution in [3.8, 4) is 11.1 Å². The summed E-state index contributed by atoms with van der Waals surface area (Å²) >= 11 is 0. The van der Waals surface area contributed by atoms with E-state index in [1.54, 1.807) is 38.6 Å². The van der Waals surface area contributed by atoms with E-state index < -0.39 is 8.07 Å². The van der Waals surface area contributed by atoms with Crippen molar-refractivity contribution < 1.29 is 25.8 Å². The molecule has 0 saturated carbocycles. The zero-order valence-electron chi connectivity index (χ0n) is 34.3. The van der Waals surface area contributed by atoms with Gasteiger partial charge in [-0.2, -0.15) is 0 Å². The van der Waals surface area contributed by atoms with Gasteiger partial charge in [-0.05, 0) is 72.2 Å². The van der Waals surface area contributed by atoms with Gasteiger partial charge in [0, 0.05) is 25.8 Å². The third-order valence-corrected chi connectivity index (χ3v) is 17.6. The largest absolute Gasteiger partial charge is 0.145 e. The van der Waals surface area contributed by atoms with E-state index in [4.69, 9.17) is 0 Å². The monoisotopic (exact) mass is 843 g/mol. The second-order valence-electron chi connectivity index (χ2n) is 17.9. The first-order valence-electron chi connectivity index (χ1n) is 19.8. The average molecular weight is 843 g/mol. The maximum atomic E-state index is 2.84. The Morgan fingerprint density at radius 3 is 1.73 bits per heavy atom. The summed E-state index contributed by atoms with van der Waals surface area (Å²) in [5.41, 5.74) is 12.8. The molecule has 0 N–H and O–H groups in total. The molecule has 1 aliphatic rings. The molecule has 49 heavy (non-hydrogen) atoms. The van der Waals surface area contributed by atoms with Crippen LogP contribution in [0, 0.1) is 5.92 Å². The van der Waals surface area contributed by atoms with Crippen molar-refractivity contribution in [1.29, 1.82) is 0 Å². The molecule has 3 aromatic rings. The predicted octanol–water partition coefficient (Wildman–Crippen LogP) is 14.6. The van der Waals surface area contributed by atoms with Crippen LogP contribution in [-0.2, 0) is 36.7 Å². The minimum atomic E-state index is -2.23. The molecule has 0 spiro atoms. The van der Waals surface area contributed by atoms with Gasteiger partial charge in [0.1, 0.15) is 8.07 Å². The van der Waals surface area contributed by atoms with E-state index in [9.17, 15) is 0 Å². The number of benzene rings is 2. The number of unbranched alkanes of at least 4 members (excludes halogenated alkanes) is 6. The molecule has 2 heteroatoms. The summed E-state index contributed by atoms with van der Waals surface area (Å²) in [6.07, 6.45) is 10.7. The van der Waals surface area contributed by atoms with E-state index in [-0.39, 0.29) is 36.7 Å². The van der Waals surface area contributed by atoms with E-state index in [0.717, 1.165) is 0 Å². The van der Waals surface area contributed by atoms with Crippen molar-refractivity contribution in [2.75, 3.05) is 0 Å². The molecule has 1 atom stereocenters. The Kier molecular flexibility index (Phi) is 14.6. The normalized spacial score (nSPS) is 16.0. The van der Waals surface area contributed by atoms with Crippen molar-refractivity contribution in [3.05, 3.63) is 81.1 Å². The van der Waals surface area contributed by atoms with Crippen LogP contribution in [0.3, 0.4) is 0 Å². The van der Waals surface area contributed by atoms with Crippen LogP contribution in [-0.4, -0.2) is 8.07 Å². The van der Waals surface area contributed by atoms with Gasteiger partial charge in [-0.1, -0.05) is 184 Å². The first kappa shape index (κ1) is 42.0. The molecule has 0 bridgehead atoms. The molecule has 0 aromatic heterocycles. The molecular formula is C47H71HfSi-. The summed E-state index contributed by atoms with van der Waals surface area (Å²) in [5.74, 6) is 0.984. The summed E-state index contributed by atoms with van der Waals surface area (Å²) in [4.78, 5) is 0. The number of allylic oxidation sites excluding steroid dienone is 4. The van der Waals surface area contributed by atoms with Crippen LogP contribution in [0.5, 0.6) is 0 Å². The molecule has 0 saturated heterocycles. The second kappa shape index (κ2) is 17.0. The van der Waals surface area contributed by atoms with Crippen LogP contribution in [0.1, 0.15) is 171 Å². The number of rotatable bonds is 14. The molecule has 268 valence electrons. The molecule has 0 radical (unpaired) electrons. The van der Waals surface area contributed by atoms with Crippen LogP contribution in [0.15, 0.2) is 64.4 Å². The van der Waals surface area contributed by atoms with Crippen LogP contribution >= 0.6 is 0 Å². The standard InChI is InChI=1S/C47H71Si.Hf/c1-15-17-19-23-27-48(28-24-20-18-16-2,45-35(7)33(5)34(6)36(45)8)41-31-40(39-29-37-25-21-22-26-38(37)30-39)43(46(9,10)11)42(32(3)4)44(41)47(12,13)14;/h21-22,25-26,29-32,35H,15-20,23-24,27-28H2,1-14H3;/q-1;. The summed E-state index contributed by atoms with van der Waals surface area (Å²) in [6, 6.07) is 19.6. The Morgan fingerprint density at radius 1 is 0.735 bits per heavy atom. The first-order chi connectivity index (χ1) is 22.5. The smallest absolute Gasteiger partial charge is 0.114 e. The summed E-state index contributed by atoms with van der Waals surface area (Å²) < 4.78 is 0. The fourth-order valence-electron chi connectivity index (χ4n) is 9.46. The third-order valence-electron chi connectivity index (χ3n) is 12.0. The fraction of sp³-hybridized carbons (Fsp3) is 0.596. The summed E-state index contributed by atoms with van der Waals surface area (Å²) in [5, 5.41) is 6.40. The zero-order valence-corrected chi connectivity index (χ0v) is 38.9. The van der Waals surface area contributed by atoms with Crippen LogP contribution in [0.2, 0.25) is 12.1 Å². The number of hydrogen-bond acceptors (Lipinski definition) is 0. The molecule has 0 amide bonds. The molecule has 1 aliphatic carbocycles. The zero-order chi connectivity index (χ0) is 35.6. The van der Waals surface area contributed by atoms with Gasteiger partial charge in [0.05, 0.1) is 0 Å². The topological polar surface area (TPSA) is 0 Å². The summed E-state index contributed by atoms with van der Waals surface area (Å²) in [6.45, 7) is 34.6. The van der Waals surface area contributed by atoms with E-state index in [1.165, 1.54) is 85.4 Å². The second-order valence-corrected chi connectivity index (χ2v) is 22.2. The Balaban J connectivity index is 0.00000650. The van der Waals surface area contributed by atoms with E-state index >= 15 is 0 Å². The third kappa shape index (κ3) is 8.64. The molecule has 0 fully saturated rings. The van der Waals surface area contributed by atoms with Crippen molar-refractivity contribution in [2.45, 2.75) is 177 Å². The van der Waals surface area contributed by atoms with Gasteiger partial charge in [-0.3, -0.25) is 0 Å². The van der Waals surface area contributed by atoms with Gasteiger partial charge in [0.2, 0.25) is 0 Å². The number of fused-ring (bicyclic) bond motifs is 1. The minimum absolute atomic E-state index is 0. The maximum Gasteiger partial charge on any atom is 0.114 e. The Bertz CT molecular complexity index is 1580. The van der Waals surface area contributed by atoms with Gasteiger partial charge in [-0.25, -0.2) is 0 Å². The molecule has 0 heterocycles. The average Bonchev–Trinajstić information content (AvgIpc) is 3.53. The van der Waals surface area contributed by atoms with Gasteiger partial charge < -0.3 is 0 Å². The molecular weight excluding hydrogens is 771 g/mol. The van der Waals surface area contributed by atoms with E-state index in [2.05, 4.69) is 139 Å². The van der Waals surface area contributed by atoms with Gasteiger partial charge in [0.15, 0.2) is 0 Å². The molecule has 1 unspecified atom stereocenters. The minimum Gasteiger partial charge on any atom is -0.145 e. The molecule has 0 nitrogen and oxygen atoms in total. The first-order valence-corrected chi connectivity index (χ1v) is 22.2. The van der Waals surface area contributed by atoms with Gasteiger partial charge in [-0.15, -0.1) is 34.5 Å². The molecule has 4 rings (SSSR count). The van der Waals surface area contributed by atoms with Crippen LogP contribution in [0.25, 0.3) is 21.9 Å². The van der Waals surface area contributed by atoms with Gasteiger partial charge in [0.25, 0.3) is 0 Å². The molecule has 0 aliphatic heterocycles. The Morgan fingerprint density at radius 2 is 1.29 bits per heavy atom. The van der Waals surface area contributed by atoms with E-state index in [0.29, 0.717) is 11.8 Å². The van der Waals surface area contributed by atoms with Crippen LogP contribution < -0.4 is 5.19 Å². The summed E-state index contributed by atoms with van der Waals surface area (Å²) in [7, 11) is -2.23. The van der Waals surface area contributed by atoms with E-state index in [1.807, 2.05) is 5.20 Å². The Labute approximate surface area is 323 Å². The van der Waals surface area contributed by atoms with Crippen molar-refractivity contribution in [2.24, 2.45) is 5.92 Å². The molecule has 3 aromatic carbocycles. The van der Waals surface area contributed by atoms with Crippen molar-refractivity contribution in [3.63, 3.8) is 0 Å². The van der Waals surface area contributed by atoms with Crippen molar-refractivity contribution in [1.82, 2.24) is 0 Å². The van der Waals surface area contributed by atoms with Gasteiger partial charge >= 0.3 is 0 Å². The van der Waals surface area contributed by atoms with Crippen molar-refractivity contribution >= 4 is 24.0 Å². The quantitative estimate of drug-likeness (QED) is 0.0862. The number of hydrogen-bond donors (Lipinski definition) is 0. The maximum absolute atomic E-state index is 2.84. The Hall–Kier alpha value is -1.38. The SMILES string of the molecule is CCCCCC[Si](CCCCCC)(C1=C(C)C(C)=C(C)C1C)c1cc(-c2cc3ccccc3[cH-]2)c(C(C)(C)C)c(C(C)C)c1C(C)(C)C.[Hf]. The van der Waals surface area contributed by atoms with Crippen LogP contribution in [0.4, 0.5) is 0 Å².